The van der Waals surface area contributed by atoms with Crippen LogP contribution in [0.1, 0.15) is 5.56 Å². The van der Waals surface area contributed by atoms with E-state index in [9.17, 15) is 14.4 Å². The molecular formula is C11H18N4O3. The topological polar surface area (TPSA) is 76.3 Å². The van der Waals surface area contributed by atoms with E-state index < -0.39 is 0 Å². The van der Waals surface area contributed by atoms with Crippen LogP contribution in [0.4, 0.5) is 0 Å². The lowest BCUT2D eigenvalue weighted by atomic mass is 10.3. The van der Waals surface area contributed by atoms with Crippen molar-refractivity contribution >= 4 is 5.91 Å². The second kappa shape index (κ2) is 5.63. The number of hydrogen-bond acceptors (Lipinski definition) is 4. The quantitative estimate of drug-likeness (QED) is 0.692. The van der Waals surface area contributed by atoms with E-state index in [1.807, 2.05) is 0 Å². The summed E-state index contributed by atoms with van der Waals surface area (Å²) in [5.41, 5.74) is -0.262. The Morgan fingerprint density at radius 2 is 1.94 bits per heavy atom. The normalized spacial score (nSPS) is 10.4. The minimum Gasteiger partial charge on any atom is -0.348 e. The van der Waals surface area contributed by atoms with Crippen molar-refractivity contribution in [1.82, 2.24) is 19.4 Å². The minimum atomic E-state index is -0.367. The molecule has 7 nitrogen and oxygen atoms in total. The highest BCUT2D eigenvalue weighted by molar-refractivity contribution is 5.77. The maximum atomic E-state index is 11.8. The first kappa shape index (κ1) is 14.2. The largest absolute Gasteiger partial charge is 0.348 e. The van der Waals surface area contributed by atoms with Crippen molar-refractivity contribution in [2.75, 3.05) is 20.6 Å². The zero-order valence-electron chi connectivity index (χ0n) is 11.1. The van der Waals surface area contributed by atoms with E-state index in [1.165, 1.54) is 22.7 Å². The average molecular weight is 254 g/mol. The van der Waals surface area contributed by atoms with Gasteiger partial charge in [0.2, 0.25) is 5.91 Å². The highest BCUT2D eigenvalue weighted by Crippen LogP contribution is 1.87. The third kappa shape index (κ3) is 3.07. The van der Waals surface area contributed by atoms with E-state index in [1.54, 1.807) is 21.1 Å². The average Bonchev–Trinajstić information content (AvgIpc) is 2.32. The first-order chi connectivity index (χ1) is 8.34. The minimum absolute atomic E-state index is 0.0726. The van der Waals surface area contributed by atoms with Crippen LogP contribution in [0.25, 0.3) is 0 Å². The van der Waals surface area contributed by atoms with Crippen molar-refractivity contribution in [3.05, 3.63) is 32.6 Å². The molecule has 0 bridgehead atoms. The Labute approximate surface area is 105 Å². The van der Waals surface area contributed by atoms with Crippen LogP contribution in [0.3, 0.4) is 0 Å². The van der Waals surface area contributed by atoms with E-state index in [2.05, 4.69) is 5.32 Å². The smallest absolute Gasteiger partial charge is 0.330 e. The van der Waals surface area contributed by atoms with Gasteiger partial charge in [-0.1, -0.05) is 0 Å². The maximum Gasteiger partial charge on any atom is 0.330 e. The third-order valence-electron chi connectivity index (χ3n) is 2.61. The molecule has 1 heterocycles. The second-order valence-corrected chi connectivity index (χ2v) is 4.30. The lowest BCUT2D eigenvalue weighted by Crippen LogP contribution is -2.40. The molecule has 1 amide bonds. The summed E-state index contributed by atoms with van der Waals surface area (Å²) in [4.78, 5) is 36.0. The Balaban J connectivity index is 2.78. The summed E-state index contributed by atoms with van der Waals surface area (Å²) in [6.45, 7) is 0.402. The molecule has 0 aliphatic heterocycles. The molecule has 0 aliphatic rings. The molecule has 1 rings (SSSR count). The molecule has 0 atom stereocenters. The number of carbonyl (C=O) groups excluding carboxylic acids is 1. The molecule has 0 aromatic carbocycles. The zero-order valence-corrected chi connectivity index (χ0v) is 11.1. The number of carbonyl (C=O) groups is 1. The number of likely N-dealkylation sites (N-methyl/N-ethyl adjacent to an activating group) is 1. The maximum absolute atomic E-state index is 11.8. The van der Waals surface area contributed by atoms with Gasteiger partial charge in [-0.2, -0.15) is 0 Å². The predicted octanol–water partition coefficient (Wildman–Crippen LogP) is -1.74. The zero-order chi connectivity index (χ0) is 13.9. The Hall–Kier alpha value is -1.89. The fraction of sp³-hybridized carbons (Fsp3) is 0.545. The van der Waals surface area contributed by atoms with E-state index >= 15 is 0 Å². The van der Waals surface area contributed by atoms with Gasteiger partial charge in [-0.15, -0.1) is 0 Å². The molecule has 0 saturated heterocycles. The van der Waals surface area contributed by atoms with Gasteiger partial charge in [-0.3, -0.25) is 14.2 Å². The first-order valence-corrected chi connectivity index (χ1v) is 5.51. The Bertz CT molecular complexity index is 556. The van der Waals surface area contributed by atoms with Gasteiger partial charge in [0.1, 0.15) is 0 Å². The first-order valence-electron chi connectivity index (χ1n) is 5.51. The molecule has 0 radical (unpaired) electrons. The summed E-state index contributed by atoms with van der Waals surface area (Å²) in [5, 5.41) is 2.88. The van der Waals surface area contributed by atoms with E-state index in [0.29, 0.717) is 5.56 Å². The predicted molar refractivity (Wildman–Crippen MR) is 67.3 cm³/mol. The van der Waals surface area contributed by atoms with Gasteiger partial charge >= 0.3 is 5.69 Å². The van der Waals surface area contributed by atoms with Crippen LogP contribution in [-0.4, -0.2) is 40.6 Å². The van der Waals surface area contributed by atoms with Crippen LogP contribution < -0.4 is 16.6 Å². The molecule has 7 heteroatoms. The Kier molecular flexibility index (Phi) is 4.43. The molecule has 0 unspecified atom stereocenters. The SMILES string of the molecule is CN(C)C(=O)CNCc1cn(C)c(=O)n(C)c1=O. The van der Waals surface area contributed by atoms with Gasteiger partial charge in [0.15, 0.2) is 0 Å². The van der Waals surface area contributed by atoms with Crippen molar-refractivity contribution < 1.29 is 4.79 Å². The fourth-order valence-electron chi connectivity index (χ4n) is 1.47. The number of nitrogens with zero attached hydrogens (tertiary/aromatic N) is 3. The van der Waals surface area contributed by atoms with Gasteiger partial charge in [-0.25, -0.2) is 4.79 Å². The standard InChI is InChI=1S/C11H18N4O3/c1-13(2)9(16)6-12-5-8-7-14(3)11(18)15(4)10(8)17/h7,12H,5-6H2,1-4H3. The van der Waals surface area contributed by atoms with Crippen molar-refractivity contribution in [3.8, 4) is 0 Å². The van der Waals surface area contributed by atoms with E-state index in [4.69, 9.17) is 0 Å². The van der Waals surface area contributed by atoms with Crippen LogP contribution in [0.2, 0.25) is 0 Å². The Morgan fingerprint density at radius 1 is 1.33 bits per heavy atom. The van der Waals surface area contributed by atoms with Gasteiger partial charge < -0.3 is 14.8 Å². The molecule has 0 aliphatic carbocycles. The lowest BCUT2D eigenvalue weighted by molar-refractivity contribution is -0.127. The molecule has 0 spiro atoms. The molecule has 0 fully saturated rings. The molecule has 1 aromatic rings. The molecule has 100 valence electrons. The van der Waals surface area contributed by atoms with E-state index in [0.717, 1.165) is 4.57 Å². The van der Waals surface area contributed by atoms with Crippen LogP contribution in [0, 0.1) is 0 Å². The molecular weight excluding hydrogens is 236 g/mol. The summed E-state index contributed by atoms with van der Waals surface area (Å²) in [6.07, 6.45) is 1.48. The van der Waals surface area contributed by atoms with Crippen LogP contribution in [0.15, 0.2) is 15.8 Å². The number of hydrogen-bond donors (Lipinski definition) is 1. The molecule has 0 saturated carbocycles. The van der Waals surface area contributed by atoms with Crippen LogP contribution in [0.5, 0.6) is 0 Å². The summed E-state index contributed by atoms with van der Waals surface area (Å²) in [5.74, 6) is -0.0726. The van der Waals surface area contributed by atoms with Crippen molar-refractivity contribution in [2.45, 2.75) is 6.54 Å². The monoisotopic (exact) mass is 254 g/mol. The lowest BCUT2D eigenvalue weighted by Gasteiger charge is -2.11. The van der Waals surface area contributed by atoms with Crippen LogP contribution in [-0.2, 0) is 25.4 Å². The van der Waals surface area contributed by atoms with Gasteiger partial charge in [0.05, 0.1) is 6.54 Å². The fourth-order valence-corrected chi connectivity index (χ4v) is 1.47. The number of nitrogens with one attached hydrogen (secondary N) is 1. The number of rotatable bonds is 4. The summed E-state index contributed by atoms with van der Waals surface area (Å²) >= 11 is 0. The highest BCUT2D eigenvalue weighted by atomic mass is 16.2. The number of amides is 1. The van der Waals surface area contributed by atoms with Crippen molar-refractivity contribution in [1.29, 1.82) is 0 Å². The van der Waals surface area contributed by atoms with Gasteiger partial charge in [0.25, 0.3) is 5.56 Å². The number of aryl methyl sites for hydroxylation is 1. The Morgan fingerprint density at radius 3 is 2.50 bits per heavy atom. The molecule has 1 N–H and O–H groups in total. The van der Waals surface area contributed by atoms with Gasteiger partial charge in [-0.05, 0) is 0 Å². The summed E-state index contributed by atoms with van der Waals surface area (Å²) < 4.78 is 2.39. The van der Waals surface area contributed by atoms with Gasteiger partial charge in [0, 0.05) is 46.5 Å². The van der Waals surface area contributed by atoms with Crippen LogP contribution >= 0.6 is 0 Å². The number of aromatic nitrogens is 2. The van der Waals surface area contributed by atoms with E-state index in [-0.39, 0.29) is 30.2 Å². The summed E-state index contributed by atoms with van der Waals surface area (Å²) in [7, 11) is 6.33. The second-order valence-electron chi connectivity index (χ2n) is 4.30. The molecule has 18 heavy (non-hydrogen) atoms. The third-order valence-corrected chi connectivity index (χ3v) is 2.61. The highest BCUT2D eigenvalue weighted by Gasteiger charge is 2.08. The van der Waals surface area contributed by atoms with Crippen molar-refractivity contribution in [2.24, 2.45) is 14.1 Å². The molecule has 1 aromatic heterocycles. The summed E-state index contributed by atoms with van der Waals surface area (Å²) in [6, 6.07) is 0. The van der Waals surface area contributed by atoms with Crippen molar-refractivity contribution in [3.63, 3.8) is 0 Å².